The van der Waals surface area contributed by atoms with Gasteiger partial charge in [0.05, 0.1) is 29.8 Å². The van der Waals surface area contributed by atoms with Crippen molar-refractivity contribution in [1.82, 2.24) is 0 Å². The highest BCUT2D eigenvalue weighted by Crippen LogP contribution is 2.71. The predicted octanol–water partition coefficient (Wildman–Crippen LogP) is 2.32. The SMILES string of the molecule is CC1=C(CO)C(=O)O[C@@H]([C@@H](C)[C@H]2CC[C@H]3[C@@H]4[C@@H]5O[C@@H]5[C@@]5(O)CC=CC(=O)[C@]5(C)[C@H]4CC(O)[C@]23C)C1. The molecule has 7 nitrogen and oxygen atoms in total. The first kappa shape index (κ1) is 23.8. The lowest BCUT2D eigenvalue weighted by Crippen LogP contribution is -2.69. The van der Waals surface area contributed by atoms with Crippen molar-refractivity contribution in [3.05, 3.63) is 23.3 Å². The van der Waals surface area contributed by atoms with Gasteiger partial charge in [-0.05, 0) is 80.6 Å². The van der Waals surface area contributed by atoms with Crippen LogP contribution >= 0.6 is 0 Å². The summed E-state index contributed by atoms with van der Waals surface area (Å²) in [4.78, 5) is 25.8. The molecular weight excluding hydrogens is 448 g/mol. The van der Waals surface area contributed by atoms with Gasteiger partial charge in [-0.25, -0.2) is 4.79 Å². The van der Waals surface area contributed by atoms with Gasteiger partial charge in [0.15, 0.2) is 5.78 Å². The van der Waals surface area contributed by atoms with Crippen molar-refractivity contribution in [2.75, 3.05) is 6.61 Å². The first-order chi connectivity index (χ1) is 16.5. The highest BCUT2D eigenvalue weighted by atomic mass is 16.6. The number of ether oxygens (including phenoxy) is 2. The second-order valence-corrected chi connectivity index (χ2v) is 12.6. The van der Waals surface area contributed by atoms with Crippen molar-refractivity contribution < 1.29 is 34.4 Å². The fourth-order valence-electron chi connectivity index (χ4n) is 9.46. The van der Waals surface area contributed by atoms with Crippen molar-refractivity contribution in [2.45, 2.75) is 89.8 Å². The molecule has 0 radical (unpaired) electrons. The molecule has 35 heavy (non-hydrogen) atoms. The van der Waals surface area contributed by atoms with Crippen LogP contribution < -0.4 is 0 Å². The smallest absolute Gasteiger partial charge is 0.336 e. The molecule has 3 N–H and O–H groups in total. The first-order valence-electron chi connectivity index (χ1n) is 13.3. The summed E-state index contributed by atoms with van der Waals surface area (Å²) in [5.74, 6) is -0.148. The van der Waals surface area contributed by atoms with Gasteiger partial charge < -0.3 is 24.8 Å². The maximum atomic E-state index is 13.3. The van der Waals surface area contributed by atoms with Gasteiger partial charge >= 0.3 is 5.97 Å². The molecule has 6 aliphatic rings. The molecule has 4 aliphatic carbocycles. The average molecular weight is 487 g/mol. The van der Waals surface area contributed by atoms with Gasteiger partial charge in [0.1, 0.15) is 17.8 Å². The molecule has 0 amide bonds. The van der Waals surface area contributed by atoms with Crippen LogP contribution in [0.1, 0.15) is 59.8 Å². The largest absolute Gasteiger partial charge is 0.458 e. The quantitative estimate of drug-likeness (QED) is 0.414. The van der Waals surface area contributed by atoms with Crippen molar-refractivity contribution in [1.29, 1.82) is 0 Å². The zero-order valence-corrected chi connectivity index (χ0v) is 21.1. The summed E-state index contributed by atoms with van der Waals surface area (Å²) in [7, 11) is 0. The molecule has 0 aromatic heterocycles. The highest BCUT2D eigenvalue weighted by molar-refractivity contribution is 5.97. The number of aliphatic hydroxyl groups is 3. The molecule has 0 aromatic carbocycles. The van der Waals surface area contributed by atoms with Crippen LogP contribution in [-0.4, -0.2) is 63.7 Å². The number of hydrogen-bond acceptors (Lipinski definition) is 7. The molecule has 0 bridgehead atoms. The lowest BCUT2D eigenvalue weighted by molar-refractivity contribution is -0.201. The topological polar surface area (TPSA) is 117 Å². The van der Waals surface area contributed by atoms with Crippen LogP contribution in [0.15, 0.2) is 23.3 Å². The lowest BCUT2D eigenvalue weighted by Gasteiger charge is -2.61. The molecule has 7 heteroatoms. The summed E-state index contributed by atoms with van der Waals surface area (Å²) in [5, 5.41) is 33.0. The van der Waals surface area contributed by atoms with E-state index < -0.39 is 28.5 Å². The Bertz CT molecular complexity index is 1030. The Morgan fingerprint density at radius 2 is 1.94 bits per heavy atom. The van der Waals surface area contributed by atoms with E-state index >= 15 is 0 Å². The van der Waals surface area contributed by atoms with Crippen LogP contribution in [0.25, 0.3) is 0 Å². The van der Waals surface area contributed by atoms with E-state index in [0.29, 0.717) is 24.8 Å². The maximum Gasteiger partial charge on any atom is 0.336 e. The Morgan fingerprint density at radius 3 is 2.63 bits per heavy atom. The van der Waals surface area contributed by atoms with E-state index in [1.807, 2.05) is 13.8 Å². The minimum atomic E-state index is -1.21. The second kappa shape index (κ2) is 7.50. The van der Waals surface area contributed by atoms with E-state index in [-0.39, 0.29) is 60.3 Å². The third kappa shape index (κ3) is 2.81. The summed E-state index contributed by atoms with van der Waals surface area (Å²) in [6, 6.07) is 0. The normalized spacial score (nSPS) is 53.3. The minimum Gasteiger partial charge on any atom is -0.458 e. The molecule has 4 fully saturated rings. The van der Waals surface area contributed by atoms with E-state index in [0.717, 1.165) is 18.4 Å². The summed E-state index contributed by atoms with van der Waals surface area (Å²) >= 11 is 0. The Hall–Kier alpha value is -1.54. The fraction of sp³-hybridized carbons (Fsp3) is 0.786. The van der Waals surface area contributed by atoms with Gasteiger partial charge in [-0.15, -0.1) is 0 Å². The number of rotatable bonds is 3. The van der Waals surface area contributed by atoms with E-state index in [4.69, 9.17) is 9.47 Å². The van der Waals surface area contributed by atoms with E-state index in [1.54, 1.807) is 12.2 Å². The van der Waals surface area contributed by atoms with E-state index in [1.165, 1.54) is 0 Å². The monoisotopic (exact) mass is 486 g/mol. The summed E-state index contributed by atoms with van der Waals surface area (Å²) in [5.41, 5.74) is -1.33. The number of cyclic esters (lactones) is 1. The van der Waals surface area contributed by atoms with Crippen LogP contribution in [0.4, 0.5) is 0 Å². The number of esters is 1. The molecule has 0 spiro atoms. The van der Waals surface area contributed by atoms with Gasteiger partial charge in [0.25, 0.3) is 0 Å². The van der Waals surface area contributed by atoms with Crippen LogP contribution in [-0.2, 0) is 19.1 Å². The minimum absolute atomic E-state index is 0.0432. The average Bonchev–Trinajstić information content (AvgIpc) is 3.53. The molecule has 2 heterocycles. The van der Waals surface area contributed by atoms with E-state index in [9.17, 15) is 24.9 Å². The Morgan fingerprint density at radius 1 is 1.20 bits per heavy atom. The van der Waals surface area contributed by atoms with Crippen molar-refractivity contribution >= 4 is 11.8 Å². The number of carbonyl (C=O) groups is 2. The number of carbonyl (C=O) groups excluding carboxylic acids is 2. The number of allylic oxidation sites excluding steroid dienone is 1. The number of epoxide rings is 1. The van der Waals surface area contributed by atoms with Crippen molar-refractivity contribution in [3.63, 3.8) is 0 Å². The first-order valence-corrected chi connectivity index (χ1v) is 13.3. The summed E-state index contributed by atoms with van der Waals surface area (Å²) in [6.07, 6.45) is 5.38. The Labute approximate surface area is 206 Å². The van der Waals surface area contributed by atoms with E-state index in [2.05, 4.69) is 13.8 Å². The Balaban J connectivity index is 1.32. The molecule has 12 atom stereocenters. The van der Waals surface area contributed by atoms with Gasteiger partial charge in [0, 0.05) is 6.42 Å². The summed E-state index contributed by atoms with van der Waals surface area (Å²) in [6.45, 7) is 7.78. The number of fused-ring (bicyclic) bond motifs is 8. The maximum absolute atomic E-state index is 13.3. The van der Waals surface area contributed by atoms with Crippen LogP contribution in [0.5, 0.6) is 0 Å². The lowest BCUT2D eigenvalue weighted by atomic mass is 9.43. The molecule has 1 unspecified atom stereocenters. The highest BCUT2D eigenvalue weighted by Gasteiger charge is 2.78. The fourth-order valence-corrected chi connectivity index (χ4v) is 9.46. The van der Waals surface area contributed by atoms with Gasteiger partial charge in [-0.1, -0.05) is 25.5 Å². The van der Waals surface area contributed by atoms with Crippen molar-refractivity contribution in [2.24, 2.45) is 40.4 Å². The molecule has 3 saturated carbocycles. The molecule has 6 rings (SSSR count). The van der Waals surface area contributed by atoms with Gasteiger partial charge in [-0.2, -0.15) is 0 Å². The van der Waals surface area contributed by atoms with Crippen LogP contribution in [0.2, 0.25) is 0 Å². The number of ketones is 1. The molecule has 0 aromatic rings. The van der Waals surface area contributed by atoms with Crippen molar-refractivity contribution in [3.8, 4) is 0 Å². The predicted molar refractivity (Wildman–Crippen MR) is 126 cm³/mol. The number of aliphatic hydroxyl groups excluding tert-OH is 2. The van der Waals surface area contributed by atoms with Gasteiger partial charge in [-0.3, -0.25) is 4.79 Å². The van der Waals surface area contributed by atoms with Gasteiger partial charge in [0.2, 0.25) is 0 Å². The Kier molecular flexibility index (Phi) is 5.11. The molecule has 2 aliphatic heterocycles. The van der Waals surface area contributed by atoms with Crippen LogP contribution in [0, 0.1) is 40.4 Å². The number of hydrogen-bond donors (Lipinski definition) is 3. The zero-order chi connectivity index (χ0) is 25.1. The molecular formula is C28H38O7. The second-order valence-electron chi connectivity index (χ2n) is 12.6. The summed E-state index contributed by atoms with van der Waals surface area (Å²) < 4.78 is 12.0. The zero-order valence-electron chi connectivity index (χ0n) is 21.1. The van der Waals surface area contributed by atoms with Crippen LogP contribution in [0.3, 0.4) is 0 Å². The molecule has 1 saturated heterocycles. The third-order valence-electron chi connectivity index (χ3n) is 11.6. The standard InChI is InChI=1S/C28H38O7/c1-13-10-19(34-25(32)15(13)12-29)14(2)16-7-8-17-22-18(11-21(31)26(16,17)3)27(4)20(30)6-5-9-28(27,33)24-23(22)35-24/h5-6,14,16-19,21-24,29,31,33H,7-12H2,1-4H3/t14-,16+,17-,18-,19+,21?,22-,23-,24-,26+,27-,28-/m0/s1. The molecule has 192 valence electrons. The third-order valence-corrected chi connectivity index (χ3v) is 11.6.